The highest BCUT2D eigenvalue weighted by Gasteiger charge is 2.04. The topological polar surface area (TPSA) is 77.2 Å². The van der Waals surface area contributed by atoms with Gasteiger partial charge in [0, 0.05) is 11.8 Å². The second-order valence-corrected chi connectivity index (χ2v) is 3.49. The fourth-order valence-electron chi connectivity index (χ4n) is 1.00. The molecule has 1 heterocycles. The number of nitrogens with zero attached hydrogens (tertiary/aromatic N) is 2. The van der Waals surface area contributed by atoms with Crippen molar-refractivity contribution in [1.82, 2.24) is 9.55 Å². The highest BCUT2D eigenvalue weighted by atomic mass is 16.6. The number of imidazole rings is 1. The predicted molar refractivity (Wildman–Crippen MR) is 61.8 cm³/mol. The molecule has 0 radical (unpaired) electrons. The van der Waals surface area contributed by atoms with Crippen molar-refractivity contribution >= 4 is 12.0 Å². The number of carbonyl (C=O) groups excluding carboxylic acids is 1. The first-order chi connectivity index (χ1) is 8.00. The molecule has 0 spiro atoms. The number of carbonyl (C=O) groups is 1. The van der Waals surface area contributed by atoms with E-state index in [9.17, 15) is 4.79 Å². The molecule has 92 valence electrons. The minimum Gasteiger partial charge on any atom is -0.461 e. The fraction of sp³-hybridized carbons (Fsp3) is 0.364. The van der Waals surface area contributed by atoms with E-state index in [2.05, 4.69) is 11.6 Å². The summed E-state index contributed by atoms with van der Waals surface area (Å²) in [6, 6.07) is -0.0584. The lowest BCUT2D eigenvalue weighted by molar-refractivity contribution is -0.139. The molecule has 0 saturated carbocycles. The van der Waals surface area contributed by atoms with Gasteiger partial charge in [0.15, 0.2) is 0 Å². The molecule has 6 nitrogen and oxygen atoms in total. The second kappa shape index (κ2) is 5.83. The summed E-state index contributed by atoms with van der Waals surface area (Å²) in [4.78, 5) is 15.0. The Balaban J connectivity index is 2.26. The number of ether oxygens (including phenoxy) is 2. The number of rotatable bonds is 4. The summed E-state index contributed by atoms with van der Waals surface area (Å²) in [6.45, 7) is 7.04. The Morgan fingerprint density at radius 3 is 2.71 bits per heavy atom. The summed E-state index contributed by atoms with van der Waals surface area (Å²) >= 11 is 0. The van der Waals surface area contributed by atoms with Crippen molar-refractivity contribution < 1.29 is 14.3 Å². The monoisotopic (exact) mass is 237 g/mol. The van der Waals surface area contributed by atoms with Gasteiger partial charge in [0.2, 0.25) is 0 Å². The zero-order valence-electron chi connectivity index (χ0n) is 9.90. The summed E-state index contributed by atoms with van der Waals surface area (Å²) in [5.74, 6) is -0.460. The Hall–Kier alpha value is -2.11. The zero-order valence-corrected chi connectivity index (χ0v) is 9.90. The summed E-state index contributed by atoms with van der Waals surface area (Å²) in [5.41, 5.74) is 1.14. The van der Waals surface area contributed by atoms with Gasteiger partial charge in [0.05, 0.1) is 5.69 Å². The Bertz CT molecular complexity index is 437. The van der Waals surface area contributed by atoms with Crippen molar-refractivity contribution in [2.75, 3.05) is 13.2 Å². The molecule has 1 aromatic rings. The maximum absolute atomic E-state index is 11.0. The van der Waals surface area contributed by atoms with Crippen LogP contribution in [-0.4, -0.2) is 34.8 Å². The van der Waals surface area contributed by atoms with Crippen LogP contribution >= 0.6 is 0 Å². The van der Waals surface area contributed by atoms with E-state index >= 15 is 0 Å². The van der Waals surface area contributed by atoms with E-state index in [-0.39, 0.29) is 19.2 Å². The predicted octanol–water partition coefficient (Wildman–Crippen LogP) is 1.11. The van der Waals surface area contributed by atoms with Crippen LogP contribution in [0.3, 0.4) is 0 Å². The van der Waals surface area contributed by atoms with Gasteiger partial charge in [0.25, 0.3) is 6.02 Å². The molecule has 0 unspecified atom stereocenters. The minimum absolute atomic E-state index is 0.0584. The van der Waals surface area contributed by atoms with Gasteiger partial charge in [-0.1, -0.05) is 6.58 Å². The number of nitrogens with one attached hydrogen (secondary N) is 1. The van der Waals surface area contributed by atoms with E-state index in [0.29, 0.717) is 5.57 Å². The molecule has 0 aliphatic carbocycles. The Labute approximate surface area is 99.4 Å². The second-order valence-electron chi connectivity index (χ2n) is 3.49. The molecule has 6 heteroatoms. The van der Waals surface area contributed by atoms with E-state index in [1.165, 1.54) is 10.9 Å². The van der Waals surface area contributed by atoms with Gasteiger partial charge in [-0.25, -0.2) is 9.78 Å². The van der Waals surface area contributed by atoms with Crippen LogP contribution < -0.4 is 0 Å². The summed E-state index contributed by atoms with van der Waals surface area (Å²) < 4.78 is 11.3. The largest absolute Gasteiger partial charge is 0.461 e. The van der Waals surface area contributed by atoms with Gasteiger partial charge in [-0.15, -0.1) is 0 Å². The Kier molecular flexibility index (Phi) is 4.45. The first-order valence-electron chi connectivity index (χ1n) is 5.05. The fourth-order valence-corrected chi connectivity index (χ4v) is 1.00. The molecule has 17 heavy (non-hydrogen) atoms. The molecular formula is C11H15N3O3. The van der Waals surface area contributed by atoms with Crippen molar-refractivity contribution in [1.29, 1.82) is 5.41 Å². The average molecular weight is 237 g/mol. The van der Waals surface area contributed by atoms with Crippen LogP contribution in [0.5, 0.6) is 0 Å². The normalized spacial score (nSPS) is 9.76. The molecule has 1 aromatic heterocycles. The van der Waals surface area contributed by atoms with E-state index in [1.807, 2.05) is 6.92 Å². The molecule has 0 amide bonds. The van der Waals surface area contributed by atoms with E-state index in [4.69, 9.17) is 14.9 Å². The van der Waals surface area contributed by atoms with Gasteiger partial charge >= 0.3 is 5.97 Å². The lowest BCUT2D eigenvalue weighted by atomic mass is 10.4. The molecule has 0 aliphatic rings. The van der Waals surface area contributed by atoms with Gasteiger partial charge in [-0.2, -0.15) is 0 Å². The lowest BCUT2D eigenvalue weighted by Gasteiger charge is -2.07. The molecule has 0 fully saturated rings. The van der Waals surface area contributed by atoms with Crippen molar-refractivity contribution in [3.8, 4) is 0 Å². The number of aryl methyl sites for hydroxylation is 1. The average Bonchev–Trinajstić information content (AvgIpc) is 2.70. The number of hydrogen-bond donors (Lipinski definition) is 1. The number of hydrogen-bond acceptors (Lipinski definition) is 5. The van der Waals surface area contributed by atoms with Crippen LogP contribution in [-0.2, 0) is 14.3 Å². The molecule has 0 bridgehead atoms. The third-order valence-electron chi connectivity index (χ3n) is 1.85. The van der Waals surface area contributed by atoms with Crippen LogP contribution in [0.4, 0.5) is 0 Å². The third-order valence-corrected chi connectivity index (χ3v) is 1.85. The van der Waals surface area contributed by atoms with Crippen molar-refractivity contribution in [2.45, 2.75) is 13.8 Å². The standard InChI is InChI=1S/C11H15N3O3/c1-8(2)10(15)16-4-5-17-11(12)14-6-9(3)13-7-14/h6-7,12H,1,4-5H2,2-3H3. The van der Waals surface area contributed by atoms with Gasteiger partial charge in [0.1, 0.15) is 19.5 Å². The van der Waals surface area contributed by atoms with E-state index in [0.717, 1.165) is 5.69 Å². The SMILES string of the molecule is C=C(C)C(=O)OCCOC(=N)n1cnc(C)c1. The van der Waals surface area contributed by atoms with Crippen molar-refractivity contribution in [2.24, 2.45) is 0 Å². The minimum atomic E-state index is -0.460. The highest BCUT2D eigenvalue weighted by molar-refractivity contribution is 5.86. The zero-order chi connectivity index (χ0) is 12.8. The summed E-state index contributed by atoms with van der Waals surface area (Å²) in [6.07, 6.45) is 3.15. The van der Waals surface area contributed by atoms with Crippen molar-refractivity contribution in [3.63, 3.8) is 0 Å². The molecule has 0 aliphatic heterocycles. The Morgan fingerprint density at radius 2 is 2.18 bits per heavy atom. The summed E-state index contributed by atoms with van der Waals surface area (Å²) in [7, 11) is 0. The third kappa shape index (κ3) is 4.10. The maximum atomic E-state index is 11.0. The first kappa shape index (κ1) is 13.0. The molecule has 1 rings (SSSR count). The molecule has 0 saturated heterocycles. The first-order valence-corrected chi connectivity index (χ1v) is 5.05. The lowest BCUT2D eigenvalue weighted by Crippen LogP contribution is -2.17. The van der Waals surface area contributed by atoms with Crippen LogP contribution in [0.25, 0.3) is 0 Å². The van der Waals surface area contributed by atoms with Crippen LogP contribution in [0.1, 0.15) is 12.6 Å². The summed E-state index contributed by atoms with van der Waals surface area (Å²) in [5, 5.41) is 7.56. The van der Waals surface area contributed by atoms with Crippen molar-refractivity contribution in [3.05, 3.63) is 30.4 Å². The number of aromatic nitrogens is 2. The Morgan fingerprint density at radius 1 is 1.53 bits per heavy atom. The van der Waals surface area contributed by atoms with Gasteiger partial charge < -0.3 is 9.47 Å². The van der Waals surface area contributed by atoms with Crippen LogP contribution in [0.15, 0.2) is 24.7 Å². The van der Waals surface area contributed by atoms with E-state index in [1.54, 1.807) is 13.1 Å². The van der Waals surface area contributed by atoms with Crippen LogP contribution in [0.2, 0.25) is 0 Å². The molecule has 1 N–H and O–H groups in total. The quantitative estimate of drug-likeness (QED) is 0.280. The smallest absolute Gasteiger partial charge is 0.333 e. The number of esters is 1. The highest BCUT2D eigenvalue weighted by Crippen LogP contribution is 1.95. The maximum Gasteiger partial charge on any atom is 0.333 e. The van der Waals surface area contributed by atoms with Gasteiger partial charge in [-0.05, 0) is 13.8 Å². The molecule has 0 atom stereocenters. The van der Waals surface area contributed by atoms with Crippen LogP contribution in [0, 0.1) is 12.3 Å². The molecule has 0 aromatic carbocycles. The van der Waals surface area contributed by atoms with Gasteiger partial charge in [-0.3, -0.25) is 9.98 Å². The molecular weight excluding hydrogens is 222 g/mol. The van der Waals surface area contributed by atoms with E-state index < -0.39 is 5.97 Å².